The molecule has 1 aromatic heterocycles. The highest BCUT2D eigenvalue weighted by Gasteiger charge is 2.19. The van der Waals surface area contributed by atoms with Crippen molar-refractivity contribution >= 4 is 29.3 Å². The summed E-state index contributed by atoms with van der Waals surface area (Å²) in [5, 5.41) is 2.88. The Bertz CT molecular complexity index is 1130. The van der Waals surface area contributed by atoms with Crippen molar-refractivity contribution in [2.45, 2.75) is 19.8 Å². The number of halogens is 1. The first kappa shape index (κ1) is 22.1. The van der Waals surface area contributed by atoms with E-state index in [0.717, 1.165) is 30.2 Å². The summed E-state index contributed by atoms with van der Waals surface area (Å²) in [7, 11) is 0. The maximum Gasteiger partial charge on any atom is 0.253 e. The molecule has 8 heteroatoms. The lowest BCUT2D eigenvalue weighted by Gasteiger charge is -2.26. The van der Waals surface area contributed by atoms with Gasteiger partial charge in [-0.25, -0.2) is 9.37 Å². The molecule has 0 radical (unpaired) electrons. The number of thioether (sulfide) groups is 1. The first-order chi connectivity index (χ1) is 15.5. The number of aryl methyl sites for hydroxylation is 2. The van der Waals surface area contributed by atoms with E-state index in [2.05, 4.69) is 10.3 Å². The van der Waals surface area contributed by atoms with Gasteiger partial charge in [0.15, 0.2) is 11.7 Å². The fraction of sp³-hybridized carbons (Fsp3) is 0.292. The number of oxazole rings is 1. The molecular formula is C24H24FN3O3S. The quantitative estimate of drug-likeness (QED) is 0.593. The largest absolute Gasteiger partial charge is 0.441 e. The van der Waals surface area contributed by atoms with Crippen LogP contribution in [-0.2, 0) is 11.2 Å². The van der Waals surface area contributed by atoms with Crippen molar-refractivity contribution in [3.8, 4) is 11.3 Å². The van der Waals surface area contributed by atoms with Crippen LogP contribution in [0.3, 0.4) is 0 Å². The molecule has 4 rings (SSSR count). The van der Waals surface area contributed by atoms with Crippen LogP contribution in [0, 0.1) is 12.7 Å². The van der Waals surface area contributed by atoms with Crippen LogP contribution in [-0.4, -0.2) is 46.3 Å². The van der Waals surface area contributed by atoms with E-state index in [0.29, 0.717) is 34.9 Å². The fourth-order valence-electron chi connectivity index (χ4n) is 3.53. The van der Waals surface area contributed by atoms with E-state index in [4.69, 9.17) is 4.42 Å². The van der Waals surface area contributed by atoms with Gasteiger partial charge in [-0.2, -0.15) is 11.8 Å². The highest BCUT2D eigenvalue weighted by molar-refractivity contribution is 7.99. The van der Waals surface area contributed by atoms with Crippen molar-refractivity contribution in [1.29, 1.82) is 0 Å². The Morgan fingerprint density at radius 3 is 2.72 bits per heavy atom. The first-order valence-electron chi connectivity index (χ1n) is 10.5. The summed E-state index contributed by atoms with van der Waals surface area (Å²) in [6.45, 7) is 3.40. The van der Waals surface area contributed by atoms with Crippen LogP contribution in [0.4, 0.5) is 10.1 Å². The summed E-state index contributed by atoms with van der Waals surface area (Å²) in [6.07, 6.45) is 1.93. The van der Waals surface area contributed by atoms with Crippen LogP contribution in [0.2, 0.25) is 0 Å². The lowest BCUT2D eigenvalue weighted by Crippen LogP contribution is -2.37. The topological polar surface area (TPSA) is 75.4 Å². The third-order valence-electron chi connectivity index (χ3n) is 5.30. The highest BCUT2D eigenvalue weighted by atomic mass is 32.2. The van der Waals surface area contributed by atoms with Gasteiger partial charge < -0.3 is 14.6 Å². The van der Waals surface area contributed by atoms with Gasteiger partial charge in [-0.1, -0.05) is 12.1 Å². The maximum atomic E-state index is 13.9. The summed E-state index contributed by atoms with van der Waals surface area (Å²) in [4.78, 5) is 31.1. The second kappa shape index (κ2) is 9.99. The zero-order valence-corrected chi connectivity index (χ0v) is 18.6. The minimum Gasteiger partial charge on any atom is -0.441 e. The summed E-state index contributed by atoms with van der Waals surface area (Å²) < 4.78 is 19.5. The summed E-state index contributed by atoms with van der Waals surface area (Å²) in [5.41, 5.74) is 2.46. The Labute approximate surface area is 190 Å². The predicted molar refractivity (Wildman–Crippen MR) is 123 cm³/mol. The molecule has 1 N–H and O–H groups in total. The first-order valence-corrected chi connectivity index (χ1v) is 11.6. The number of hydrogen-bond donors (Lipinski definition) is 1. The van der Waals surface area contributed by atoms with Gasteiger partial charge >= 0.3 is 0 Å². The number of benzene rings is 2. The Morgan fingerprint density at radius 2 is 1.97 bits per heavy atom. The molecule has 2 amide bonds. The summed E-state index contributed by atoms with van der Waals surface area (Å²) >= 11 is 1.86. The molecule has 6 nitrogen and oxygen atoms in total. The minimum absolute atomic E-state index is 0.0285. The SMILES string of the molecule is Cc1cc(C(=O)N2CCSCC2)ccc1NC(=O)CCc1ncc(-c2ccccc2F)o1. The monoisotopic (exact) mass is 453 g/mol. The number of nitrogens with zero attached hydrogens (tertiary/aromatic N) is 2. The normalized spacial score (nSPS) is 13.8. The standard InChI is InChI=1S/C24H24FN3O3S/c1-16-14-17(24(30)28-10-12-32-13-11-28)6-7-20(16)27-22(29)8-9-23-26-15-21(31-23)18-4-2-3-5-19(18)25/h2-7,14-15H,8-13H2,1H3,(H,27,29). The van der Waals surface area contributed by atoms with Crippen LogP contribution in [0.15, 0.2) is 53.1 Å². The van der Waals surface area contributed by atoms with E-state index in [9.17, 15) is 14.0 Å². The van der Waals surface area contributed by atoms with Gasteiger partial charge in [-0.3, -0.25) is 9.59 Å². The smallest absolute Gasteiger partial charge is 0.253 e. The van der Waals surface area contributed by atoms with Crippen LogP contribution in [0.5, 0.6) is 0 Å². The van der Waals surface area contributed by atoms with Crippen molar-refractivity contribution in [3.63, 3.8) is 0 Å². The van der Waals surface area contributed by atoms with Gasteiger partial charge in [0.05, 0.1) is 11.8 Å². The molecule has 0 aliphatic carbocycles. The number of carbonyl (C=O) groups is 2. The molecule has 0 saturated carbocycles. The molecule has 2 aromatic carbocycles. The van der Waals surface area contributed by atoms with Crippen LogP contribution >= 0.6 is 11.8 Å². The second-order valence-electron chi connectivity index (χ2n) is 7.58. The number of anilines is 1. The Morgan fingerprint density at radius 1 is 1.19 bits per heavy atom. The minimum atomic E-state index is -0.385. The van der Waals surface area contributed by atoms with Gasteiger partial charge in [0.1, 0.15) is 5.82 Å². The van der Waals surface area contributed by atoms with Crippen LogP contribution in [0.25, 0.3) is 11.3 Å². The second-order valence-corrected chi connectivity index (χ2v) is 8.81. The molecule has 166 valence electrons. The van der Waals surface area contributed by atoms with Gasteiger partial charge in [-0.05, 0) is 42.8 Å². The number of amides is 2. The Balaban J connectivity index is 1.33. The van der Waals surface area contributed by atoms with E-state index in [-0.39, 0.29) is 24.1 Å². The van der Waals surface area contributed by atoms with Crippen LogP contribution in [0.1, 0.15) is 28.2 Å². The van der Waals surface area contributed by atoms with Gasteiger partial charge in [-0.15, -0.1) is 0 Å². The number of aromatic nitrogens is 1. The summed E-state index contributed by atoms with van der Waals surface area (Å²) in [5.74, 6) is 2.09. The van der Waals surface area contributed by atoms with Gasteiger partial charge in [0, 0.05) is 48.7 Å². The van der Waals surface area contributed by atoms with Crippen molar-refractivity contribution in [1.82, 2.24) is 9.88 Å². The summed E-state index contributed by atoms with van der Waals surface area (Å²) in [6, 6.07) is 11.6. The average molecular weight is 454 g/mol. The number of carbonyl (C=O) groups excluding carboxylic acids is 2. The highest BCUT2D eigenvalue weighted by Crippen LogP contribution is 2.24. The number of hydrogen-bond acceptors (Lipinski definition) is 5. The lowest BCUT2D eigenvalue weighted by molar-refractivity contribution is -0.116. The fourth-order valence-corrected chi connectivity index (χ4v) is 4.43. The number of rotatable bonds is 6. The molecule has 1 aliphatic heterocycles. The molecule has 0 atom stereocenters. The molecule has 32 heavy (non-hydrogen) atoms. The van der Waals surface area contributed by atoms with Crippen molar-refractivity contribution in [2.24, 2.45) is 0 Å². The van der Waals surface area contributed by atoms with Gasteiger partial charge in [0.25, 0.3) is 5.91 Å². The van der Waals surface area contributed by atoms with E-state index in [1.807, 2.05) is 29.7 Å². The third-order valence-corrected chi connectivity index (χ3v) is 6.25. The number of nitrogens with one attached hydrogen (secondary N) is 1. The molecule has 1 fully saturated rings. The molecule has 2 heterocycles. The zero-order chi connectivity index (χ0) is 22.5. The predicted octanol–water partition coefficient (Wildman–Crippen LogP) is 4.55. The van der Waals surface area contributed by atoms with E-state index in [1.165, 1.54) is 12.3 Å². The zero-order valence-electron chi connectivity index (χ0n) is 17.8. The van der Waals surface area contributed by atoms with Crippen molar-refractivity contribution < 1.29 is 18.4 Å². The molecule has 3 aromatic rings. The van der Waals surface area contributed by atoms with E-state index in [1.54, 1.807) is 30.3 Å². The molecule has 0 bridgehead atoms. The van der Waals surface area contributed by atoms with Crippen molar-refractivity contribution in [3.05, 3.63) is 71.5 Å². The molecule has 0 spiro atoms. The lowest BCUT2D eigenvalue weighted by atomic mass is 10.1. The maximum absolute atomic E-state index is 13.9. The van der Waals surface area contributed by atoms with Gasteiger partial charge in [0.2, 0.25) is 5.91 Å². The molecule has 1 saturated heterocycles. The van der Waals surface area contributed by atoms with E-state index < -0.39 is 0 Å². The molecule has 1 aliphatic rings. The Hall–Kier alpha value is -3.13. The van der Waals surface area contributed by atoms with Crippen LogP contribution < -0.4 is 5.32 Å². The third kappa shape index (κ3) is 5.19. The van der Waals surface area contributed by atoms with E-state index >= 15 is 0 Å². The molecular weight excluding hydrogens is 429 g/mol. The van der Waals surface area contributed by atoms with Crippen molar-refractivity contribution in [2.75, 3.05) is 29.9 Å². The average Bonchev–Trinajstić information content (AvgIpc) is 3.28. The Kier molecular flexibility index (Phi) is 6.90. The molecule has 0 unspecified atom stereocenters.